The van der Waals surface area contributed by atoms with Crippen LogP contribution in [0.4, 0.5) is 0 Å². The van der Waals surface area contributed by atoms with E-state index in [1.165, 1.54) is 11.9 Å². The molecule has 0 aromatic carbocycles. The third-order valence-electron chi connectivity index (χ3n) is 0.898. The Kier molecular flexibility index (Phi) is 2.71. The molecule has 0 amide bonds. The van der Waals surface area contributed by atoms with Crippen molar-refractivity contribution in [1.29, 1.82) is 0 Å². The molecule has 0 spiro atoms. The first-order chi connectivity index (χ1) is 4.83. The zero-order valence-corrected chi connectivity index (χ0v) is 6.55. The summed E-state index contributed by atoms with van der Waals surface area (Å²) in [6.07, 6.45) is 3.02. The monoisotopic (exact) mass is 177 g/mol. The molecule has 0 aliphatic rings. The molecule has 1 aromatic heterocycles. The van der Waals surface area contributed by atoms with E-state index in [9.17, 15) is 0 Å². The van der Waals surface area contributed by atoms with Crippen LogP contribution in [0.3, 0.4) is 0 Å². The van der Waals surface area contributed by atoms with Crippen LogP contribution in [0.15, 0.2) is 23.2 Å². The van der Waals surface area contributed by atoms with E-state index in [4.69, 9.17) is 23.2 Å². The van der Waals surface area contributed by atoms with Crippen LogP contribution < -0.4 is 0 Å². The second kappa shape index (κ2) is 3.58. The van der Waals surface area contributed by atoms with Gasteiger partial charge in [0.05, 0.1) is 11.6 Å². The normalized spacial score (nSPS) is 12.0. The molecule has 0 fully saturated rings. The Hall–Kier alpha value is -0.540. The molecule has 0 unspecified atom stereocenters. The molecule has 0 aliphatic heterocycles. The van der Waals surface area contributed by atoms with Crippen LogP contribution in [0, 0.1) is 0 Å². The maximum absolute atomic E-state index is 5.60. The van der Waals surface area contributed by atoms with Crippen molar-refractivity contribution in [3.8, 4) is 0 Å². The quantitative estimate of drug-likeness (QED) is 0.688. The summed E-state index contributed by atoms with van der Waals surface area (Å²) in [5.41, 5.74) is 1.31. The summed E-state index contributed by atoms with van der Waals surface area (Å²) in [5.74, 6) is 0. The standard InChI is InChI=1S/C5H5Cl2N3/c6-1-5(7)2-10-4-8-3-9-10/h1,3-4H,2H2/b5-1+. The molecule has 0 radical (unpaired) electrons. The van der Waals surface area contributed by atoms with Gasteiger partial charge in [-0.15, -0.1) is 0 Å². The number of aromatic nitrogens is 3. The fourth-order valence-corrected chi connectivity index (χ4v) is 0.695. The lowest BCUT2D eigenvalue weighted by Gasteiger charge is -1.94. The lowest BCUT2D eigenvalue weighted by molar-refractivity contribution is 0.693. The molecule has 1 rings (SSSR count). The molecule has 0 saturated heterocycles. The zero-order chi connectivity index (χ0) is 7.40. The van der Waals surface area contributed by atoms with Gasteiger partial charge in [-0.2, -0.15) is 5.10 Å². The van der Waals surface area contributed by atoms with Crippen LogP contribution in [-0.4, -0.2) is 14.8 Å². The SMILES string of the molecule is Cl/C=C(/Cl)Cn1cncn1. The van der Waals surface area contributed by atoms with Crippen LogP contribution in [0.25, 0.3) is 0 Å². The van der Waals surface area contributed by atoms with Crippen molar-refractivity contribution in [3.05, 3.63) is 23.2 Å². The molecule has 1 aromatic rings. The van der Waals surface area contributed by atoms with Crippen LogP contribution in [0.1, 0.15) is 0 Å². The van der Waals surface area contributed by atoms with Gasteiger partial charge in [-0.05, 0) is 0 Å². The molecule has 0 saturated carbocycles. The molecule has 10 heavy (non-hydrogen) atoms. The lowest BCUT2D eigenvalue weighted by Crippen LogP contribution is -1.97. The Balaban J connectivity index is 2.56. The van der Waals surface area contributed by atoms with Gasteiger partial charge < -0.3 is 0 Å². The van der Waals surface area contributed by atoms with Gasteiger partial charge in [-0.25, -0.2) is 9.67 Å². The number of rotatable bonds is 2. The van der Waals surface area contributed by atoms with E-state index in [0.29, 0.717) is 11.6 Å². The number of nitrogens with zero attached hydrogens (tertiary/aromatic N) is 3. The van der Waals surface area contributed by atoms with Crippen molar-refractivity contribution < 1.29 is 0 Å². The highest BCUT2D eigenvalue weighted by Gasteiger charge is 1.92. The van der Waals surface area contributed by atoms with Crippen molar-refractivity contribution in [2.24, 2.45) is 0 Å². The Bertz CT molecular complexity index is 217. The second-order valence-electron chi connectivity index (χ2n) is 1.65. The van der Waals surface area contributed by atoms with Crippen LogP contribution >= 0.6 is 23.2 Å². The summed E-state index contributed by atoms with van der Waals surface area (Å²) < 4.78 is 1.58. The van der Waals surface area contributed by atoms with E-state index in [-0.39, 0.29) is 0 Å². The molecule has 3 nitrogen and oxygen atoms in total. The zero-order valence-electron chi connectivity index (χ0n) is 5.04. The second-order valence-corrected chi connectivity index (χ2v) is 2.35. The minimum atomic E-state index is 0.477. The van der Waals surface area contributed by atoms with E-state index in [1.807, 2.05) is 0 Å². The highest BCUT2D eigenvalue weighted by atomic mass is 35.5. The van der Waals surface area contributed by atoms with Crippen molar-refractivity contribution in [2.75, 3.05) is 0 Å². The summed E-state index contributed by atoms with van der Waals surface area (Å²) in [5, 5.41) is 4.36. The Morgan fingerprint density at radius 1 is 1.70 bits per heavy atom. The van der Waals surface area contributed by atoms with Gasteiger partial charge in [0.2, 0.25) is 0 Å². The summed E-state index contributed by atoms with van der Waals surface area (Å²) in [7, 11) is 0. The Morgan fingerprint density at radius 2 is 2.50 bits per heavy atom. The molecular formula is C5H5Cl2N3. The maximum atomic E-state index is 5.60. The largest absolute Gasteiger partial charge is 0.248 e. The van der Waals surface area contributed by atoms with Crippen molar-refractivity contribution in [2.45, 2.75) is 6.54 Å². The minimum absolute atomic E-state index is 0.477. The summed E-state index contributed by atoms with van der Waals surface area (Å²) in [6, 6.07) is 0. The Morgan fingerprint density at radius 3 is 3.00 bits per heavy atom. The molecular weight excluding hydrogens is 173 g/mol. The minimum Gasteiger partial charge on any atom is -0.248 e. The topological polar surface area (TPSA) is 30.7 Å². The van der Waals surface area contributed by atoms with Gasteiger partial charge in [0.15, 0.2) is 0 Å². The van der Waals surface area contributed by atoms with Crippen LogP contribution in [-0.2, 0) is 6.54 Å². The third kappa shape index (κ3) is 2.01. The summed E-state index contributed by atoms with van der Waals surface area (Å²) in [4.78, 5) is 3.73. The predicted octanol–water partition coefficient (Wildman–Crippen LogP) is 1.60. The molecule has 5 heteroatoms. The van der Waals surface area contributed by atoms with Crippen LogP contribution in [0.2, 0.25) is 0 Å². The average molecular weight is 178 g/mol. The van der Waals surface area contributed by atoms with Gasteiger partial charge in [0, 0.05) is 5.54 Å². The predicted molar refractivity (Wildman–Crippen MR) is 39.8 cm³/mol. The summed E-state index contributed by atoms with van der Waals surface area (Å²) in [6.45, 7) is 0.477. The fourth-order valence-electron chi connectivity index (χ4n) is 0.504. The average Bonchev–Trinajstić information content (AvgIpc) is 2.40. The number of hydrogen-bond donors (Lipinski definition) is 0. The maximum Gasteiger partial charge on any atom is 0.137 e. The third-order valence-corrected chi connectivity index (χ3v) is 1.50. The van der Waals surface area contributed by atoms with E-state index in [0.717, 1.165) is 0 Å². The van der Waals surface area contributed by atoms with E-state index < -0.39 is 0 Å². The first-order valence-corrected chi connectivity index (χ1v) is 3.41. The van der Waals surface area contributed by atoms with Gasteiger partial charge in [0.1, 0.15) is 12.7 Å². The fraction of sp³-hybridized carbons (Fsp3) is 0.200. The van der Waals surface area contributed by atoms with Crippen molar-refractivity contribution >= 4 is 23.2 Å². The number of hydrogen-bond acceptors (Lipinski definition) is 2. The Labute approximate surface area is 68.3 Å². The lowest BCUT2D eigenvalue weighted by atomic mass is 10.6. The first kappa shape index (κ1) is 7.57. The number of allylic oxidation sites excluding steroid dienone is 1. The smallest absolute Gasteiger partial charge is 0.137 e. The first-order valence-electron chi connectivity index (χ1n) is 2.60. The van der Waals surface area contributed by atoms with E-state index in [2.05, 4.69) is 10.1 Å². The molecule has 0 aliphatic carbocycles. The molecule has 0 bridgehead atoms. The van der Waals surface area contributed by atoms with Crippen molar-refractivity contribution in [1.82, 2.24) is 14.8 Å². The molecule has 0 atom stereocenters. The van der Waals surface area contributed by atoms with Crippen LogP contribution in [0.5, 0.6) is 0 Å². The van der Waals surface area contributed by atoms with Crippen molar-refractivity contribution in [3.63, 3.8) is 0 Å². The highest BCUT2D eigenvalue weighted by molar-refractivity contribution is 6.36. The van der Waals surface area contributed by atoms with Gasteiger partial charge in [-0.3, -0.25) is 0 Å². The van der Waals surface area contributed by atoms with E-state index in [1.54, 1.807) is 11.0 Å². The molecule has 54 valence electrons. The molecule has 1 heterocycles. The van der Waals surface area contributed by atoms with Gasteiger partial charge >= 0.3 is 0 Å². The molecule has 0 N–H and O–H groups in total. The summed E-state index contributed by atoms with van der Waals surface area (Å²) >= 11 is 10.9. The highest BCUT2D eigenvalue weighted by Crippen LogP contribution is 2.04. The van der Waals surface area contributed by atoms with Gasteiger partial charge in [-0.1, -0.05) is 23.2 Å². The van der Waals surface area contributed by atoms with Gasteiger partial charge in [0.25, 0.3) is 0 Å². The number of halogens is 2. The van der Waals surface area contributed by atoms with E-state index >= 15 is 0 Å².